The lowest BCUT2D eigenvalue weighted by Crippen LogP contribution is -2.50. The Hall–Kier alpha value is -2.70. The van der Waals surface area contributed by atoms with Crippen LogP contribution in [0.15, 0.2) is 54.6 Å². The lowest BCUT2D eigenvalue weighted by molar-refractivity contribution is -0.157. The molecule has 0 bridgehead atoms. The molecule has 3 rings (SSSR count). The third-order valence-electron chi connectivity index (χ3n) is 4.35. The average molecular weight is 340 g/mol. The Balaban J connectivity index is 1.72. The zero-order valence-corrected chi connectivity index (χ0v) is 13.9. The summed E-state index contributed by atoms with van der Waals surface area (Å²) in [6.07, 6.45) is -0.397. The molecular formula is C19H20N2O4. The van der Waals surface area contributed by atoms with Crippen LogP contribution in [0.1, 0.15) is 22.0 Å². The third-order valence-corrected chi connectivity index (χ3v) is 4.35. The van der Waals surface area contributed by atoms with Crippen LogP contribution in [-0.2, 0) is 9.53 Å². The summed E-state index contributed by atoms with van der Waals surface area (Å²) >= 11 is 0. The molecule has 25 heavy (non-hydrogen) atoms. The number of nitrogens with zero attached hydrogens (tertiary/aromatic N) is 1. The van der Waals surface area contributed by atoms with E-state index >= 15 is 0 Å². The summed E-state index contributed by atoms with van der Waals surface area (Å²) in [5, 5.41) is 12.4. The molecule has 0 aromatic heterocycles. The molecule has 130 valence electrons. The molecule has 0 radical (unpaired) electrons. The number of morpholine rings is 1. The van der Waals surface area contributed by atoms with Crippen molar-refractivity contribution in [1.82, 2.24) is 4.90 Å². The molecule has 1 heterocycles. The van der Waals surface area contributed by atoms with Gasteiger partial charge >= 0.3 is 0 Å². The lowest BCUT2D eigenvalue weighted by atomic mass is 9.99. The minimum atomic E-state index is -0.425. The maximum absolute atomic E-state index is 12.2. The number of hydrogen-bond donors (Lipinski definition) is 2. The summed E-state index contributed by atoms with van der Waals surface area (Å²) in [4.78, 5) is 25.4. The first-order valence-corrected chi connectivity index (χ1v) is 8.04. The first-order valence-electron chi connectivity index (χ1n) is 8.04. The van der Waals surface area contributed by atoms with Crippen LogP contribution in [-0.4, -0.2) is 48.1 Å². The summed E-state index contributed by atoms with van der Waals surface area (Å²) < 4.78 is 5.60. The number of likely N-dealkylation sites (N-methyl/N-ethyl adjacent to an activating group) is 1. The second-order valence-corrected chi connectivity index (χ2v) is 5.93. The Bertz CT molecular complexity index is 746. The Morgan fingerprint density at radius 2 is 1.88 bits per heavy atom. The van der Waals surface area contributed by atoms with Crippen molar-refractivity contribution in [1.29, 1.82) is 0 Å². The van der Waals surface area contributed by atoms with E-state index in [9.17, 15) is 14.7 Å². The summed E-state index contributed by atoms with van der Waals surface area (Å²) in [6, 6.07) is 15.8. The van der Waals surface area contributed by atoms with E-state index in [-0.39, 0.29) is 25.0 Å². The molecule has 2 atom stereocenters. The van der Waals surface area contributed by atoms with E-state index in [0.717, 1.165) is 5.56 Å². The molecule has 2 aromatic carbocycles. The van der Waals surface area contributed by atoms with Gasteiger partial charge in [-0.2, -0.15) is 0 Å². The van der Waals surface area contributed by atoms with Gasteiger partial charge in [0.2, 0.25) is 5.91 Å². The van der Waals surface area contributed by atoms with Crippen molar-refractivity contribution in [2.45, 2.75) is 12.1 Å². The number of aliphatic hydroxyl groups excluding tert-OH is 1. The highest BCUT2D eigenvalue weighted by Crippen LogP contribution is 2.29. The number of rotatable bonds is 4. The number of anilines is 1. The lowest BCUT2D eigenvalue weighted by Gasteiger charge is -2.38. The SMILES string of the molecule is CN1C(=O)CO[C@H](c2ccc(NC(=O)c3ccccc3)cc2)[C@H]1CO. The van der Waals surface area contributed by atoms with Gasteiger partial charge in [0.25, 0.3) is 5.91 Å². The monoisotopic (exact) mass is 340 g/mol. The fraction of sp³-hybridized carbons (Fsp3) is 0.263. The third kappa shape index (κ3) is 3.70. The van der Waals surface area contributed by atoms with Gasteiger partial charge in [-0.3, -0.25) is 9.59 Å². The number of aliphatic hydroxyl groups is 1. The number of carbonyl (C=O) groups is 2. The van der Waals surface area contributed by atoms with Crippen molar-refractivity contribution in [2.24, 2.45) is 0 Å². The largest absolute Gasteiger partial charge is 0.394 e. The van der Waals surface area contributed by atoms with E-state index in [1.165, 1.54) is 4.90 Å². The Labute approximate surface area is 146 Å². The first-order chi connectivity index (χ1) is 12.1. The van der Waals surface area contributed by atoms with Crippen LogP contribution in [0, 0.1) is 0 Å². The molecule has 2 aromatic rings. The number of ether oxygens (including phenoxy) is 1. The predicted octanol–water partition coefficient (Wildman–Crippen LogP) is 1.83. The fourth-order valence-electron chi connectivity index (χ4n) is 2.85. The van der Waals surface area contributed by atoms with Crippen molar-refractivity contribution >= 4 is 17.5 Å². The second-order valence-electron chi connectivity index (χ2n) is 5.93. The predicted molar refractivity (Wildman–Crippen MR) is 93.2 cm³/mol. The molecule has 1 fully saturated rings. The standard InChI is InChI=1S/C19H20N2O4/c1-21-16(11-22)18(25-12-17(21)23)13-7-9-15(10-8-13)20-19(24)14-5-3-2-4-6-14/h2-10,16,18,22H,11-12H2,1H3,(H,20,24)/t16-,18-/m1/s1. The quantitative estimate of drug-likeness (QED) is 0.890. The molecule has 2 N–H and O–H groups in total. The Kier molecular flexibility index (Phi) is 5.11. The summed E-state index contributed by atoms with van der Waals surface area (Å²) in [5.41, 5.74) is 2.09. The highest BCUT2D eigenvalue weighted by Gasteiger charge is 2.34. The van der Waals surface area contributed by atoms with Crippen molar-refractivity contribution in [3.8, 4) is 0 Å². The maximum atomic E-state index is 12.2. The van der Waals surface area contributed by atoms with E-state index in [2.05, 4.69) is 5.32 Å². The van der Waals surface area contributed by atoms with Crippen molar-refractivity contribution in [2.75, 3.05) is 25.6 Å². The molecule has 2 amide bonds. The van der Waals surface area contributed by atoms with Crippen LogP contribution >= 0.6 is 0 Å². The van der Waals surface area contributed by atoms with Gasteiger partial charge in [0, 0.05) is 18.3 Å². The van der Waals surface area contributed by atoms with Gasteiger partial charge in [0.05, 0.1) is 12.6 Å². The highest BCUT2D eigenvalue weighted by molar-refractivity contribution is 6.04. The van der Waals surface area contributed by atoms with E-state index in [4.69, 9.17) is 4.74 Å². The van der Waals surface area contributed by atoms with E-state index in [1.807, 2.05) is 30.3 Å². The average Bonchev–Trinajstić information content (AvgIpc) is 2.65. The molecule has 1 aliphatic heterocycles. The molecule has 0 saturated carbocycles. The molecule has 0 aliphatic carbocycles. The molecule has 6 heteroatoms. The van der Waals surface area contributed by atoms with Gasteiger partial charge in [0.15, 0.2) is 0 Å². The van der Waals surface area contributed by atoms with Crippen LogP contribution in [0.25, 0.3) is 0 Å². The van der Waals surface area contributed by atoms with Crippen LogP contribution in [0.2, 0.25) is 0 Å². The molecule has 1 aliphatic rings. The molecular weight excluding hydrogens is 320 g/mol. The molecule has 0 spiro atoms. The molecule has 6 nitrogen and oxygen atoms in total. The van der Waals surface area contributed by atoms with Crippen LogP contribution in [0.3, 0.4) is 0 Å². The van der Waals surface area contributed by atoms with Gasteiger partial charge in [-0.1, -0.05) is 30.3 Å². The topological polar surface area (TPSA) is 78.9 Å². The van der Waals surface area contributed by atoms with Crippen LogP contribution in [0.5, 0.6) is 0 Å². The van der Waals surface area contributed by atoms with Crippen LogP contribution < -0.4 is 5.32 Å². The summed E-state index contributed by atoms with van der Waals surface area (Å²) in [5.74, 6) is -0.331. The molecule has 0 unspecified atom stereocenters. The molecule has 1 saturated heterocycles. The number of benzene rings is 2. The Morgan fingerprint density at radius 3 is 2.52 bits per heavy atom. The zero-order chi connectivity index (χ0) is 17.8. The summed E-state index contributed by atoms with van der Waals surface area (Å²) in [7, 11) is 1.66. The van der Waals surface area contributed by atoms with E-state index in [1.54, 1.807) is 31.3 Å². The number of hydrogen-bond acceptors (Lipinski definition) is 4. The minimum Gasteiger partial charge on any atom is -0.394 e. The highest BCUT2D eigenvalue weighted by atomic mass is 16.5. The van der Waals surface area contributed by atoms with E-state index in [0.29, 0.717) is 11.3 Å². The number of carbonyl (C=O) groups excluding carboxylic acids is 2. The van der Waals surface area contributed by atoms with Crippen molar-refractivity contribution in [3.05, 3.63) is 65.7 Å². The normalized spacial score (nSPS) is 20.4. The smallest absolute Gasteiger partial charge is 0.255 e. The number of nitrogens with one attached hydrogen (secondary N) is 1. The van der Waals surface area contributed by atoms with Crippen molar-refractivity contribution < 1.29 is 19.4 Å². The summed E-state index contributed by atoms with van der Waals surface area (Å²) in [6.45, 7) is -0.191. The Morgan fingerprint density at radius 1 is 1.20 bits per heavy atom. The van der Waals surface area contributed by atoms with E-state index < -0.39 is 12.1 Å². The van der Waals surface area contributed by atoms with Crippen LogP contribution in [0.4, 0.5) is 5.69 Å². The maximum Gasteiger partial charge on any atom is 0.255 e. The van der Waals surface area contributed by atoms with Gasteiger partial charge in [-0.25, -0.2) is 0 Å². The fourth-order valence-corrected chi connectivity index (χ4v) is 2.85. The van der Waals surface area contributed by atoms with Gasteiger partial charge in [0.1, 0.15) is 12.7 Å². The minimum absolute atomic E-state index is 0.00976. The van der Waals surface area contributed by atoms with Gasteiger partial charge in [-0.05, 0) is 29.8 Å². The van der Waals surface area contributed by atoms with Crippen molar-refractivity contribution in [3.63, 3.8) is 0 Å². The number of amides is 2. The second kappa shape index (κ2) is 7.46. The first kappa shape index (κ1) is 17.1. The van der Waals surface area contributed by atoms with Gasteiger partial charge in [-0.15, -0.1) is 0 Å². The zero-order valence-electron chi connectivity index (χ0n) is 13.9. The van der Waals surface area contributed by atoms with Gasteiger partial charge < -0.3 is 20.1 Å².